The molecule has 1 atom stereocenters. The number of carbonyl (C=O) groups is 1. The fourth-order valence-corrected chi connectivity index (χ4v) is 1.25. The maximum absolute atomic E-state index is 11.6. The van der Waals surface area contributed by atoms with Gasteiger partial charge in [0.1, 0.15) is 0 Å². The molecule has 1 N–H and O–H groups in total. The predicted molar refractivity (Wildman–Crippen MR) is 62.6 cm³/mol. The third-order valence-electron chi connectivity index (χ3n) is 2.60. The lowest BCUT2D eigenvalue weighted by atomic mass is 10.1. The minimum atomic E-state index is 0.0994. The van der Waals surface area contributed by atoms with Crippen LogP contribution in [0, 0.1) is 5.92 Å². The lowest BCUT2D eigenvalue weighted by Crippen LogP contribution is -2.36. The van der Waals surface area contributed by atoms with Crippen LogP contribution in [0.25, 0.3) is 0 Å². The van der Waals surface area contributed by atoms with Crippen molar-refractivity contribution in [2.24, 2.45) is 5.92 Å². The molecule has 0 fully saturated rings. The van der Waals surface area contributed by atoms with E-state index in [0.29, 0.717) is 12.3 Å². The van der Waals surface area contributed by atoms with Crippen LogP contribution in [0.15, 0.2) is 30.3 Å². The first-order valence-corrected chi connectivity index (χ1v) is 5.43. The summed E-state index contributed by atoms with van der Waals surface area (Å²) < 4.78 is 0. The van der Waals surface area contributed by atoms with Crippen LogP contribution in [-0.4, -0.2) is 11.9 Å². The predicted octanol–water partition coefficient (Wildman–Crippen LogP) is 2.39. The summed E-state index contributed by atoms with van der Waals surface area (Å²) in [7, 11) is 0. The van der Waals surface area contributed by atoms with Gasteiger partial charge in [-0.3, -0.25) is 4.79 Å². The van der Waals surface area contributed by atoms with Crippen LogP contribution in [0.3, 0.4) is 0 Å². The Morgan fingerprint density at radius 1 is 1.20 bits per heavy atom. The molecular formula is C13H19NO. The Bertz CT molecular complexity index is 306. The van der Waals surface area contributed by atoms with Crippen LogP contribution in [0.5, 0.6) is 0 Å². The first-order valence-electron chi connectivity index (χ1n) is 5.43. The third-order valence-corrected chi connectivity index (χ3v) is 2.60. The zero-order chi connectivity index (χ0) is 11.3. The molecule has 1 aromatic carbocycles. The first kappa shape index (κ1) is 11.8. The van der Waals surface area contributed by atoms with Gasteiger partial charge >= 0.3 is 0 Å². The Hall–Kier alpha value is -1.31. The molecule has 0 aliphatic heterocycles. The molecule has 0 spiro atoms. The normalized spacial score (nSPS) is 12.5. The molecular weight excluding hydrogens is 186 g/mol. The zero-order valence-electron chi connectivity index (χ0n) is 9.66. The van der Waals surface area contributed by atoms with E-state index in [1.165, 1.54) is 0 Å². The van der Waals surface area contributed by atoms with Gasteiger partial charge in [0.15, 0.2) is 0 Å². The maximum atomic E-state index is 11.6. The molecule has 1 aromatic rings. The van der Waals surface area contributed by atoms with Crippen LogP contribution in [0.4, 0.5) is 0 Å². The van der Waals surface area contributed by atoms with Crippen molar-refractivity contribution >= 4 is 5.91 Å². The molecule has 0 heterocycles. The van der Waals surface area contributed by atoms with Crippen LogP contribution in [-0.2, 0) is 11.2 Å². The van der Waals surface area contributed by atoms with Gasteiger partial charge in [-0.2, -0.15) is 0 Å². The molecule has 82 valence electrons. The molecule has 1 rings (SSSR count). The average Bonchev–Trinajstić information content (AvgIpc) is 2.18. The summed E-state index contributed by atoms with van der Waals surface area (Å²) in [6.45, 7) is 6.24. The second kappa shape index (κ2) is 5.54. The van der Waals surface area contributed by atoms with Crippen molar-refractivity contribution in [3.63, 3.8) is 0 Å². The Morgan fingerprint density at radius 2 is 1.80 bits per heavy atom. The second-order valence-electron chi connectivity index (χ2n) is 4.26. The highest BCUT2D eigenvalue weighted by atomic mass is 16.1. The summed E-state index contributed by atoms with van der Waals surface area (Å²) in [5.74, 6) is 0.576. The molecule has 0 saturated heterocycles. The molecule has 0 radical (unpaired) electrons. The molecule has 0 saturated carbocycles. The minimum absolute atomic E-state index is 0.0994. The number of hydrogen-bond acceptors (Lipinski definition) is 1. The first-order chi connectivity index (χ1) is 7.09. The van der Waals surface area contributed by atoms with Crippen molar-refractivity contribution in [1.82, 2.24) is 5.32 Å². The molecule has 0 aliphatic carbocycles. The van der Waals surface area contributed by atoms with E-state index in [4.69, 9.17) is 0 Å². The van der Waals surface area contributed by atoms with E-state index in [1.54, 1.807) is 0 Å². The van der Waals surface area contributed by atoms with Gasteiger partial charge in [0.05, 0.1) is 6.42 Å². The SMILES string of the molecule is CC(C)[C@H](C)NC(=O)Cc1ccccc1. The largest absolute Gasteiger partial charge is 0.353 e. The van der Waals surface area contributed by atoms with E-state index in [9.17, 15) is 4.79 Å². The Kier molecular flexibility index (Phi) is 4.35. The lowest BCUT2D eigenvalue weighted by molar-refractivity contribution is -0.121. The standard InChI is InChI=1S/C13H19NO/c1-10(2)11(3)14-13(15)9-12-7-5-4-6-8-12/h4-8,10-11H,9H2,1-3H3,(H,14,15)/t11-/m0/s1. The molecule has 0 bridgehead atoms. The molecule has 15 heavy (non-hydrogen) atoms. The van der Waals surface area contributed by atoms with Gasteiger partial charge in [-0.15, -0.1) is 0 Å². The third kappa shape index (κ3) is 4.15. The van der Waals surface area contributed by atoms with Gasteiger partial charge in [-0.1, -0.05) is 44.2 Å². The van der Waals surface area contributed by atoms with E-state index in [2.05, 4.69) is 19.2 Å². The molecule has 0 aromatic heterocycles. The van der Waals surface area contributed by atoms with Crippen molar-refractivity contribution in [2.75, 3.05) is 0 Å². The summed E-state index contributed by atoms with van der Waals surface area (Å²) >= 11 is 0. The number of benzene rings is 1. The highest BCUT2D eigenvalue weighted by Gasteiger charge is 2.10. The van der Waals surface area contributed by atoms with Crippen LogP contribution < -0.4 is 5.32 Å². The number of hydrogen-bond donors (Lipinski definition) is 1. The van der Waals surface area contributed by atoms with Gasteiger partial charge in [-0.05, 0) is 18.4 Å². The highest BCUT2D eigenvalue weighted by molar-refractivity contribution is 5.78. The summed E-state index contributed by atoms with van der Waals surface area (Å²) in [6, 6.07) is 10.0. The van der Waals surface area contributed by atoms with E-state index in [0.717, 1.165) is 5.56 Å². The zero-order valence-corrected chi connectivity index (χ0v) is 9.66. The number of nitrogens with one attached hydrogen (secondary N) is 1. The lowest BCUT2D eigenvalue weighted by Gasteiger charge is -2.17. The quantitative estimate of drug-likeness (QED) is 0.803. The van der Waals surface area contributed by atoms with Crippen molar-refractivity contribution in [2.45, 2.75) is 33.2 Å². The van der Waals surface area contributed by atoms with Gasteiger partial charge in [-0.25, -0.2) is 0 Å². The van der Waals surface area contributed by atoms with Gasteiger partial charge in [0, 0.05) is 6.04 Å². The fourth-order valence-electron chi connectivity index (χ4n) is 1.25. The van der Waals surface area contributed by atoms with Crippen molar-refractivity contribution in [3.05, 3.63) is 35.9 Å². The second-order valence-corrected chi connectivity index (χ2v) is 4.26. The van der Waals surface area contributed by atoms with Gasteiger partial charge in [0.2, 0.25) is 5.91 Å². The van der Waals surface area contributed by atoms with Crippen LogP contribution in [0.1, 0.15) is 26.3 Å². The van der Waals surface area contributed by atoms with Crippen molar-refractivity contribution in [1.29, 1.82) is 0 Å². The van der Waals surface area contributed by atoms with Crippen LogP contribution >= 0.6 is 0 Å². The molecule has 2 nitrogen and oxygen atoms in total. The summed E-state index contributed by atoms with van der Waals surface area (Å²) in [6.07, 6.45) is 0.470. The van der Waals surface area contributed by atoms with E-state index >= 15 is 0 Å². The molecule has 0 unspecified atom stereocenters. The Labute approximate surface area is 91.7 Å². The smallest absolute Gasteiger partial charge is 0.224 e. The fraction of sp³-hybridized carbons (Fsp3) is 0.462. The van der Waals surface area contributed by atoms with E-state index < -0.39 is 0 Å². The van der Waals surface area contributed by atoms with Gasteiger partial charge < -0.3 is 5.32 Å². The average molecular weight is 205 g/mol. The minimum Gasteiger partial charge on any atom is -0.353 e. The summed E-state index contributed by atoms with van der Waals surface area (Å²) in [5, 5.41) is 2.99. The molecule has 1 amide bonds. The number of amides is 1. The molecule has 0 aliphatic rings. The number of carbonyl (C=O) groups excluding carboxylic acids is 1. The van der Waals surface area contributed by atoms with Crippen LogP contribution in [0.2, 0.25) is 0 Å². The maximum Gasteiger partial charge on any atom is 0.224 e. The monoisotopic (exact) mass is 205 g/mol. The van der Waals surface area contributed by atoms with Crippen molar-refractivity contribution < 1.29 is 4.79 Å². The topological polar surface area (TPSA) is 29.1 Å². The molecule has 2 heteroatoms. The summed E-state index contributed by atoms with van der Waals surface area (Å²) in [4.78, 5) is 11.6. The van der Waals surface area contributed by atoms with Gasteiger partial charge in [0.25, 0.3) is 0 Å². The highest BCUT2D eigenvalue weighted by Crippen LogP contribution is 2.02. The Morgan fingerprint density at radius 3 is 2.33 bits per heavy atom. The Balaban J connectivity index is 2.43. The van der Waals surface area contributed by atoms with E-state index in [1.807, 2.05) is 37.3 Å². The number of rotatable bonds is 4. The van der Waals surface area contributed by atoms with Crippen molar-refractivity contribution in [3.8, 4) is 0 Å². The van der Waals surface area contributed by atoms with E-state index in [-0.39, 0.29) is 11.9 Å². The summed E-state index contributed by atoms with van der Waals surface area (Å²) in [5.41, 5.74) is 1.06.